The lowest BCUT2D eigenvalue weighted by Gasteiger charge is -2.07. The van der Waals surface area contributed by atoms with E-state index in [4.69, 9.17) is 4.74 Å². The summed E-state index contributed by atoms with van der Waals surface area (Å²) in [5.74, 6) is -0.495. The third-order valence-electron chi connectivity index (χ3n) is 2.83. The highest BCUT2D eigenvalue weighted by Crippen LogP contribution is 2.17. The molecule has 0 aliphatic rings. The van der Waals surface area contributed by atoms with Gasteiger partial charge >= 0.3 is 5.97 Å². The number of hydrogen-bond donors (Lipinski definition) is 0. The molecule has 0 saturated carbocycles. The van der Waals surface area contributed by atoms with Crippen LogP contribution in [-0.2, 0) is 21.2 Å². The number of benzene rings is 2. The zero-order chi connectivity index (χ0) is 15.5. The molecule has 0 aliphatic heterocycles. The summed E-state index contributed by atoms with van der Waals surface area (Å²) < 4.78 is 28.7. The van der Waals surface area contributed by atoms with Crippen molar-refractivity contribution in [3.63, 3.8) is 0 Å². The van der Waals surface area contributed by atoms with Gasteiger partial charge in [-0.1, -0.05) is 34.1 Å². The Morgan fingerprint density at radius 3 is 2.29 bits per heavy atom. The predicted molar refractivity (Wildman–Crippen MR) is 82.8 cm³/mol. The molecule has 0 unspecified atom stereocenters. The van der Waals surface area contributed by atoms with E-state index >= 15 is 0 Å². The molecule has 0 fully saturated rings. The van der Waals surface area contributed by atoms with Crippen molar-refractivity contribution in [2.45, 2.75) is 11.5 Å². The van der Waals surface area contributed by atoms with Gasteiger partial charge in [0, 0.05) is 16.3 Å². The molecule has 0 radical (unpaired) electrons. The molecule has 0 bridgehead atoms. The molecule has 0 spiro atoms. The molecule has 4 nitrogen and oxygen atoms in total. The van der Waals surface area contributed by atoms with Gasteiger partial charge in [-0.3, -0.25) is 0 Å². The quantitative estimate of drug-likeness (QED) is 0.777. The van der Waals surface area contributed by atoms with E-state index in [9.17, 15) is 13.2 Å². The fourth-order valence-electron chi connectivity index (χ4n) is 1.68. The lowest BCUT2D eigenvalue weighted by Crippen LogP contribution is -2.06. The van der Waals surface area contributed by atoms with E-state index in [0.29, 0.717) is 5.56 Å². The number of esters is 1. The van der Waals surface area contributed by atoms with Crippen LogP contribution in [0.25, 0.3) is 0 Å². The molecule has 0 amide bonds. The van der Waals surface area contributed by atoms with Crippen LogP contribution in [0.15, 0.2) is 57.9 Å². The maximum absolute atomic E-state index is 11.9. The second-order valence-electron chi connectivity index (χ2n) is 4.46. The Balaban J connectivity index is 2.06. The van der Waals surface area contributed by atoms with E-state index in [1.807, 2.05) is 24.3 Å². The van der Waals surface area contributed by atoms with Crippen LogP contribution < -0.4 is 0 Å². The Morgan fingerprint density at radius 2 is 1.71 bits per heavy atom. The van der Waals surface area contributed by atoms with Gasteiger partial charge < -0.3 is 4.74 Å². The lowest BCUT2D eigenvalue weighted by atomic mass is 10.2. The summed E-state index contributed by atoms with van der Waals surface area (Å²) in [6, 6.07) is 13.1. The van der Waals surface area contributed by atoms with E-state index in [1.54, 1.807) is 0 Å². The van der Waals surface area contributed by atoms with Crippen LogP contribution in [0.4, 0.5) is 0 Å². The average Bonchev–Trinajstić information content (AvgIpc) is 2.45. The summed E-state index contributed by atoms with van der Waals surface area (Å²) in [4.78, 5) is 12.1. The van der Waals surface area contributed by atoms with Crippen LogP contribution in [0, 0.1) is 0 Å². The lowest BCUT2D eigenvalue weighted by molar-refractivity contribution is 0.0472. The van der Waals surface area contributed by atoms with Gasteiger partial charge in [0.15, 0.2) is 9.84 Å². The highest BCUT2D eigenvalue weighted by atomic mass is 79.9. The topological polar surface area (TPSA) is 60.4 Å². The summed E-state index contributed by atoms with van der Waals surface area (Å²) >= 11 is 3.38. The molecule has 21 heavy (non-hydrogen) atoms. The largest absolute Gasteiger partial charge is 0.457 e. The fourth-order valence-corrected chi connectivity index (χ4v) is 2.71. The first-order valence-corrected chi connectivity index (χ1v) is 8.77. The number of hydrogen-bond acceptors (Lipinski definition) is 4. The maximum atomic E-state index is 11.9. The third-order valence-corrected chi connectivity index (χ3v) is 4.74. The molecule has 110 valence electrons. The molecule has 2 rings (SSSR count). The predicted octanol–water partition coefficient (Wildman–Crippen LogP) is 3.21. The van der Waals surface area contributed by atoms with Crippen molar-refractivity contribution in [3.05, 3.63) is 64.1 Å². The van der Waals surface area contributed by atoms with Crippen LogP contribution in [0.5, 0.6) is 0 Å². The maximum Gasteiger partial charge on any atom is 0.338 e. The van der Waals surface area contributed by atoms with Crippen LogP contribution in [0.1, 0.15) is 15.9 Å². The average molecular weight is 369 g/mol. The van der Waals surface area contributed by atoms with Crippen molar-refractivity contribution < 1.29 is 17.9 Å². The van der Waals surface area contributed by atoms with Gasteiger partial charge in [-0.05, 0) is 30.3 Å². The van der Waals surface area contributed by atoms with Crippen LogP contribution in [-0.4, -0.2) is 20.6 Å². The summed E-state index contributed by atoms with van der Waals surface area (Å²) in [7, 11) is -3.26. The van der Waals surface area contributed by atoms with Crippen molar-refractivity contribution in [2.24, 2.45) is 0 Å². The molecule has 6 heteroatoms. The van der Waals surface area contributed by atoms with Crippen molar-refractivity contribution >= 4 is 31.7 Å². The molecule has 2 aromatic rings. The molecule has 0 aromatic heterocycles. The van der Waals surface area contributed by atoms with Gasteiger partial charge in [-0.2, -0.15) is 0 Å². The Labute approximate surface area is 131 Å². The Morgan fingerprint density at radius 1 is 1.10 bits per heavy atom. The van der Waals surface area contributed by atoms with Crippen molar-refractivity contribution in [1.82, 2.24) is 0 Å². The molecule has 2 aromatic carbocycles. The zero-order valence-corrected chi connectivity index (χ0v) is 13.6. The summed E-state index contributed by atoms with van der Waals surface area (Å²) in [5.41, 5.74) is 1.17. The molecule has 0 N–H and O–H groups in total. The Bertz CT molecular complexity index is 751. The first-order valence-electron chi connectivity index (χ1n) is 6.08. The van der Waals surface area contributed by atoms with E-state index in [0.717, 1.165) is 16.3 Å². The summed E-state index contributed by atoms with van der Waals surface area (Å²) in [6.07, 6.45) is 1.12. The smallest absolute Gasteiger partial charge is 0.338 e. The van der Waals surface area contributed by atoms with Gasteiger partial charge in [0.2, 0.25) is 0 Å². The molecular weight excluding hydrogens is 356 g/mol. The Hall–Kier alpha value is -1.66. The molecule has 0 saturated heterocycles. The van der Waals surface area contributed by atoms with Gasteiger partial charge in [0.1, 0.15) is 6.61 Å². The van der Waals surface area contributed by atoms with E-state index < -0.39 is 15.8 Å². The van der Waals surface area contributed by atoms with Gasteiger partial charge in [-0.25, -0.2) is 13.2 Å². The summed E-state index contributed by atoms with van der Waals surface area (Å²) in [6.45, 7) is 0.147. The number of rotatable bonds is 4. The number of ether oxygens (including phenoxy) is 1. The SMILES string of the molecule is CS(=O)(=O)c1ccc(C(=O)OCc2ccccc2Br)cc1. The highest BCUT2D eigenvalue weighted by Gasteiger charge is 2.11. The zero-order valence-electron chi connectivity index (χ0n) is 11.2. The van der Waals surface area contributed by atoms with Crippen LogP contribution in [0.2, 0.25) is 0 Å². The number of sulfone groups is 1. The van der Waals surface area contributed by atoms with E-state index in [2.05, 4.69) is 15.9 Å². The van der Waals surface area contributed by atoms with Crippen molar-refractivity contribution in [2.75, 3.05) is 6.26 Å². The van der Waals surface area contributed by atoms with Crippen molar-refractivity contribution in [3.8, 4) is 0 Å². The molecule has 0 aliphatic carbocycles. The molecule has 0 atom stereocenters. The minimum Gasteiger partial charge on any atom is -0.457 e. The van der Waals surface area contributed by atoms with E-state index in [1.165, 1.54) is 24.3 Å². The minimum atomic E-state index is -3.26. The normalized spacial score (nSPS) is 11.1. The standard InChI is InChI=1S/C15H13BrO4S/c1-21(18,19)13-8-6-11(7-9-13)15(17)20-10-12-4-2-3-5-14(12)16/h2-9H,10H2,1H3. The van der Waals surface area contributed by atoms with Gasteiger partial charge in [0.25, 0.3) is 0 Å². The van der Waals surface area contributed by atoms with Gasteiger partial charge in [-0.15, -0.1) is 0 Å². The van der Waals surface area contributed by atoms with Crippen LogP contribution >= 0.6 is 15.9 Å². The fraction of sp³-hybridized carbons (Fsp3) is 0.133. The molecular formula is C15H13BrO4S. The van der Waals surface area contributed by atoms with E-state index in [-0.39, 0.29) is 11.5 Å². The number of carbonyl (C=O) groups excluding carboxylic acids is 1. The summed E-state index contributed by atoms with van der Waals surface area (Å²) in [5, 5.41) is 0. The minimum absolute atomic E-state index is 0.147. The second-order valence-corrected chi connectivity index (χ2v) is 7.33. The monoisotopic (exact) mass is 368 g/mol. The highest BCUT2D eigenvalue weighted by molar-refractivity contribution is 9.10. The molecule has 0 heterocycles. The number of carbonyl (C=O) groups is 1. The first kappa shape index (κ1) is 15.7. The number of halogens is 1. The first-order chi connectivity index (χ1) is 9.88. The van der Waals surface area contributed by atoms with Crippen LogP contribution in [0.3, 0.4) is 0 Å². The van der Waals surface area contributed by atoms with Gasteiger partial charge in [0.05, 0.1) is 10.5 Å². The Kier molecular flexibility index (Phi) is 4.80. The van der Waals surface area contributed by atoms with Crippen molar-refractivity contribution in [1.29, 1.82) is 0 Å². The third kappa shape index (κ3) is 4.15. The second kappa shape index (κ2) is 6.41.